The molecule has 0 N–H and O–H groups in total. The fourth-order valence-corrected chi connectivity index (χ4v) is 7.25. The summed E-state index contributed by atoms with van der Waals surface area (Å²) in [5.41, 5.74) is -1.22. The zero-order chi connectivity index (χ0) is 22.7. The molecule has 2 aliphatic carbocycles. The van der Waals surface area contributed by atoms with Gasteiger partial charge in [0, 0.05) is 25.8 Å². The molecule has 2 aliphatic heterocycles. The van der Waals surface area contributed by atoms with E-state index in [-0.39, 0.29) is 42.5 Å². The summed E-state index contributed by atoms with van der Waals surface area (Å²) in [7, 11) is 0. The van der Waals surface area contributed by atoms with E-state index in [9.17, 15) is 14.4 Å². The summed E-state index contributed by atoms with van der Waals surface area (Å²) < 4.78 is 28.7. The summed E-state index contributed by atoms with van der Waals surface area (Å²) >= 11 is 0. The lowest BCUT2D eigenvalue weighted by molar-refractivity contribution is -0.373. The van der Waals surface area contributed by atoms with Crippen molar-refractivity contribution in [3.63, 3.8) is 0 Å². The Hall–Kier alpha value is -2.35. The maximum Gasteiger partial charge on any atom is 0.313 e. The van der Waals surface area contributed by atoms with Gasteiger partial charge in [-0.1, -0.05) is 13.3 Å². The normalized spacial score (nSPS) is 42.4. The minimum atomic E-state index is -0.761. The fourth-order valence-electron chi connectivity index (χ4n) is 7.25. The maximum atomic E-state index is 13.6. The van der Waals surface area contributed by atoms with E-state index in [1.807, 2.05) is 6.07 Å². The monoisotopic (exact) mass is 446 g/mol. The highest BCUT2D eigenvalue weighted by atomic mass is 16.6. The maximum absolute atomic E-state index is 13.6. The van der Waals surface area contributed by atoms with Gasteiger partial charge in [0.1, 0.15) is 24.4 Å². The largest absolute Gasteiger partial charge is 0.472 e. The molecule has 8 nitrogen and oxygen atoms in total. The first-order valence-electron chi connectivity index (χ1n) is 11.4. The first-order valence-corrected chi connectivity index (χ1v) is 11.4. The van der Waals surface area contributed by atoms with E-state index in [1.54, 1.807) is 12.5 Å². The molecule has 0 aromatic carbocycles. The summed E-state index contributed by atoms with van der Waals surface area (Å²) in [6, 6.07) is 1.83. The molecule has 3 heterocycles. The molecule has 4 aliphatic rings. The van der Waals surface area contributed by atoms with Crippen LogP contribution in [-0.2, 0) is 33.3 Å². The van der Waals surface area contributed by atoms with Gasteiger partial charge < -0.3 is 23.4 Å². The van der Waals surface area contributed by atoms with Gasteiger partial charge in [-0.15, -0.1) is 0 Å². The standard InChI is InChI=1S/C24H30O8/c1-14-9-20(31-16(3)26)24-13-30-22(24,12-29-15(2)25)7-4-5-19(24)23(14)10-18(32-21(23)27)17-6-8-28-11-17/h6,8,11,14,18-20H,4-5,7,9-10,12-13H2,1-3H3. The SMILES string of the molecule is CC(=O)OCC12CCCC3C4(CC(c5ccoc5)OC4=O)C(C)CC(OC(C)=O)C31CO2. The van der Waals surface area contributed by atoms with Crippen molar-refractivity contribution < 1.29 is 37.7 Å². The number of fused-ring (bicyclic) bond motifs is 1. The fraction of sp³-hybridized carbons (Fsp3) is 0.708. The highest BCUT2D eigenvalue weighted by Crippen LogP contribution is 2.72. The molecule has 1 aromatic heterocycles. The molecular formula is C24H30O8. The van der Waals surface area contributed by atoms with Gasteiger partial charge in [0.2, 0.25) is 0 Å². The average molecular weight is 446 g/mol. The summed E-state index contributed by atoms with van der Waals surface area (Å²) in [6.45, 7) is 5.32. The molecule has 7 atom stereocenters. The van der Waals surface area contributed by atoms with Gasteiger partial charge in [-0.25, -0.2) is 0 Å². The third-order valence-corrected chi connectivity index (χ3v) is 8.66. The molecule has 0 bridgehead atoms. The zero-order valence-corrected chi connectivity index (χ0v) is 18.8. The number of furan rings is 1. The summed E-state index contributed by atoms with van der Waals surface area (Å²) in [4.78, 5) is 37.3. The van der Waals surface area contributed by atoms with Gasteiger partial charge in [0.05, 0.1) is 30.0 Å². The van der Waals surface area contributed by atoms with E-state index in [4.69, 9.17) is 23.4 Å². The van der Waals surface area contributed by atoms with Gasteiger partial charge in [0.25, 0.3) is 0 Å². The summed E-state index contributed by atoms with van der Waals surface area (Å²) in [6.07, 6.45) is 5.86. The van der Waals surface area contributed by atoms with Crippen LogP contribution in [-0.4, -0.2) is 42.8 Å². The Kier molecular flexibility index (Phi) is 4.93. The van der Waals surface area contributed by atoms with Crippen molar-refractivity contribution in [3.05, 3.63) is 24.2 Å². The molecule has 8 heteroatoms. The molecular weight excluding hydrogens is 416 g/mol. The van der Waals surface area contributed by atoms with E-state index in [1.165, 1.54) is 13.8 Å². The van der Waals surface area contributed by atoms with Crippen molar-refractivity contribution in [1.82, 2.24) is 0 Å². The summed E-state index contributed by atoms with van der Waals surface area (Å²) in [5.74, 6) is -1.08. The van der Waals surface area contributed by atoms with Gasteiger partial charge in [-0.05, 0) is 37.2 Å². The van der Waals surface area contributed by atoms with E-state index >= 15 is 0 Å². The van der Waals surface area contributed by atoms with Crippen LogP contribution in [0.1, 0.15) is 64.5 Å². The zero-order valence-electron chi connectivity index (χ0n) is 18.8. The first kappa shape index (κ1) is 21.5. The number of carbonyl (C=O) groups excluding carboxylic acids is 3. The Bertz CT molecular complexity index is 924. The van der Waals surface area contributed by atoms with Crippen LogP contribution in [0.15, 0.2) is 23.0 Å². The number of hydrogen-bond donors (Lipinski definition) is 0. The first-order chi connectivity index (χ1) is 15.2. The van der Waals surface area contributed by atoms with E-state index < -0.39 is 22.5 Å². The lowest BCUT2D eigenvalue weighted by Crippen LogP contribution is -2.79. The molecule has 2 saturated carbocycles. The molecule has 0 radical (unpaired) electrons. The third-order valence-electron chi connectivity index (χ3n) is 8.66. The van der Waals surface area contributed by atoms with Crippen molar-refractivity contribution in [2.45, 2.75) is 70.7 Å². The van der Waals surface area contributed by atoms with Crippen LogP contribution in [0.2, 0.25) is 0 Å². The second-order valence-electron chi connectivity index (χ2n) is 9.98. The van der Waals surface area contributed by atoms with Crippen LogP contribution in [0.4, 0.5) is 0 Å². The van der Waals surface area contributed by atoms with Gasteiger partial charge >= 0.3 is 17.9 Å². The van der Waals surface area contributed by atoms with Crippen molar-refractivity contribution in [3.8, 4) is 0 Å². The van der Waals surface area contributed by atoms with E-state index in [0.717, 1.165) is 18.4 Å². The van der Waals surface area contributed by atoms with Gasteiger partial charge in [0.15, 0.2) is 0 Å². The van der Waals surface area contributed by atoms with Crippen LogP contribution in [0.5, 0.6) is 0 Å². The minimum Gasteiger partial charge on any atom is -0.472 e. The Morgan fingerprint density at radius 1 is 1.25 bits per heavy atom. The Labute approximate surface area is 186 Å². The van der Waals surface area contributed by atoms with Crippen molar-refractivity contribution in [2.24, 2.45) is 22.7 Å². The topological polar surface area (TPSA) is 101 Å². The summed E-state index contributed by atoms with van der Waals surface area (Å²) in [5, 5.41) is 0. The average Bonchev–Trinajstić information content (AvgIpc) is 3.35. The second-order valence-corrected chi connectivity index (χ2v) is 9.98. The van der Waals surface area contributed by atoms with Crippen molar-refractivity contribution >= 4 is 17.9 Å². The number of hydrogen-bond acceptors (Lipinski definition) is 8. The quantitative estimate of drug-likeness (QED) is 0.513. The van der Waals surface area contributed by atoms with Gasteiger partial charge in [-0.2, -0.15) is 0 Å². The number of esters is 3. The van der Waals surface area contributed by atoms with Crippen LogP contribution < -0.4 is 0 Å². The Balaban J connectivity index is 1.58. The Morgan fingerprint density at radius 3 is 2.69 bits per heavy atom. The van der Waals surface area contributed by atoms with Crippen molar-refractivity contribution in [2.75, 3.05) is 13.2 Å². The van der Waals surface area contributed by atoms with Crippen LogP contribution in [0.3, 0.4) is 0 Å². The van der Waals surface area contributed by atoms with Gasteiger partial charge in [-0.3, -0.25) is 14.4 Å². The number of carbonyl (C=O) groups is 3. The highest BCUT2D eigenvalue weighted by Gasteiger charge is 2.79. The van der Waals surface area contributed by atoms with Crippen LogP contribution in [0.25, 0.3) is 0 Å². The molecule has 174 valence electrons. The predicted octanol–water partition coefficient (Wildman–Crippen LogP) is 3.34. The van der Waals surface area contributed by atoms with E-state index in [0.29, 0.717) is 25.9 Å². The molecule has 5 rings (SSSR count). The number of rotatable bonds is 4. The molecule has 7 unspecified atom stereocenters. The molecule has 0 amide bonds. The van der Waals surface area contributed by atoms with Crippen LogP contribution >= 0.6 is 0 Å². The molecule has 32 heavy (non-hydrogen) atoms. The predicted molar refractivity (Wildman–Crippen MR) is 109 cm³/mol. The van der Waals surface area contributed by atoms with Crippen LogP contribution in [0, 0.1) is 22.7 Å². The van der Waals surface area contributed by atoms with E-state index in [2.05, 4.69) is 6.92 Å². The number of cyclic esters (lactones) is 1. The minimum absolute atomic E-state index is 0.0444. The second kappa shape index (κ2) is 7.33. The third kappa shape index (κ3) is 2.74. The lowest BCUT2D eigenvalue weighted by atomic mass is 9.40. The smallest absolute Gasteiger partial charge is 0.313 e. The highest BCUT2D eigenvalue weighted by molar-refractivity contribution is 5.81. The molecule has 4 fully saturated rings. The Morgan fingerprint density at radius 2 is 2.06 bits per heavy atom. The molecule has 2 saturated heterocycles. The number of ether oxygens (including phenoxy) is 4. The molecule has 2 spiro atoms. The molecule has 1 aromatic rings. The lowest BCUT2D eigenvalue weighted by Gasteiger charge is -2.71. The van der Waals surface area contributed by atoms with Crippen molar-refractivity contribution in [1.29, 1.82) is 0 Å².